The van der Waals surface area contributed by atoms with E-state index in [0.29, 0.717) is 33.1 Å². The molecule has 0 fully saturated rings. The molecule has 1 aromatic heterocycles. The predicted molar refractivity (Wildman–Crippen MR) is 159 cm³/mol. The summed E-state index contributed by atoms with van der Waals surface area (Å²) in [6, 6.07) is 22.0. The largest absolute Gasteiger partial charge is 0.481 e. The van der Waals surface area contributed by atoms with Gasteiger partial charge >= 0.3 is 5.97 Å². The monoisotopic (exact) mass is 556 g/mol. The van der Waals surface area contributed by atoms with Gasteiger partial charge in [-0.15, -0.1) is 11.3 Å². The molecule has 1 atom stereocenters. The van der Waals surface area contributed by atoms with Gasteiger partial charge in [-0.1, -0.05) is 48.9 Å². The zero-order valence-electron chi connectivity index (χ0n) is 22.9. The van der Waals surface area contributed by atoms with Gasteiger partial charge in [0.05, 0.1) is 6.61 Å². The maximum absolute atomic E-state index is 13.1. The van der Waals surface area contributed by atoms with E-state index in [1.165, 1.54) is 16.9 Å². The zero-order valence-corrected chi connectivity index (χ0v) is 23.8. The summed E-state index contributed by atoms with van der Waals surface area (Å²) >= 11 is 1.27. The number of carbonyl (C=O) groups excluding carboxylic acids is 3. The van der Waals surface area contributed by atoms with Crippen LogP contribution in [0.3, 0.4) is 0 Å². The van der Waals surface area contributed by atoms with Crippen molar-refractivity contribution < 1.29 is 23.9 Å². The number of amides is 2. The molecule has 0 aliphatic carbocycles. The topological polar surface area (TPSA) is 93.7 Å². The lowest BCUT2D eigenvalue weighted by Gasteiger charge is -2.15. The second-order valence-corrected chi connectivity index (χ2v) is 10.1. The second kappa shape index (κ2) is 13.1. The highest BCUT2D eigenvalue weighted by atomic mass is 32.1. The Morgan fingerprint density at radius 3 is 2.17 bits per heavy atom. The van der Waals surface area contributed by atoms with Gasteiger partial charge in [-0.3, -0.25) is 9.59 Å². The summed E-state index contributed by atoms with van der Waals surface area (Å²) < 4.78 is 11.1. The molecule has 206 valence electrons. The highest BCUT2D eigenvalue weighted by Crippen LogP contribution is 2.36. The first-order valence-corrected chi connectivity index (χ1v) is 14.0. The Morgan fingerprint density at radius 1 is 0.875 bits per heavy atom. The summed E-state index contributed by atoms with van der Waals surface area (Å²) in [4.78, 5) is 38.5. The maximum Gasteiger partial charge on any atom is 0.341 e. The van der Waals surface area contributed by atoms with Gasteiger partial charge in [0.15, 0.2) is 6.10 Å². The molecule has 7 nitrogen and oxygen atoms in total. The minimum absolute atomic E-state index is 0.221. The summed E-state index contributed by atoms with van der Waals surface area (Å²) in [6.45, 7) is 7.69. The second-order valence-electron chi connectivity index (χ2n) is 9.22. The first-order chi connectivity index (χ1) is 19.3. The summed E-state index contributed by atoms with van der Waals surface area (Å²) in [6.07, 6.45) is 0.180. The molecule has 4 aromatic rings. The number of ether oxygens (including phenoxy) is 2. The van der Waals surface area contributed by atoms with Gasteiger partial charge in [-0.05, 0) is 74.7 Å². The van der Waals surface area contributed by atoms with E-state index in [0.717, 1.165) is 17.5 Å². The molecule has 0 saturated carbocycles. The fraction of sp³-hybridized carbons (Fsp3) is 0.219. The van der Waals surface area contributed by atoms with E-state index < -0.39 is 12.1 Å². The number of carbonyl (C=O) groups is 3. The van der Waals surface area contributed by atoms with Crippen LogP contribution >= 0.6 is 11.3 Å². The smallest absolute Gasteiger partial charge is 0.341 e. The predicted octanol–water partition coefficient (Wildman–Crippen LogP) is 7.12. The maximum atomic E-state index is 13.1. The Kier molecular flexibility index (Phi) is 9.35. The highest BCUT2D eigenvalue weighted by Gasteiger charge is 2.23. The first kappa shape index (κ1) is 28.6. The molecule has 1 heterocycles. The van der Waals surface area contributed by atoms with E-state index in [2.05, 4.69) is 17.6 Å². The Labute approximate surface area is 238 Å². The van der Waals surface area contributed by atoms with Crippen LogP contribution in [0.25, 0.3) is 11.1 Å². The summed E-state index contributed by atoms with van der Waals surface area (Å²) in [5, 5.41) is 7.96. The van der Waals surface area contributed by atoms with Crippen LogP contribution in [-0.2, 0) is 16.0 Å². The molecular weight excluding hydrogens is 524 g/mol. The quantitative estimate of drug-likeness (QED) is 0.203. The van der Waals surface area contributed by atoms with Crippen LogP contribution in [0, 0.1) is 6.92 Å². The summed E-state index contributed by atoms with van der Waals surface area (Å²) in [5.74, 6) is -0.701. The van der Waals surface area contributed by atoms with Gasteiger partial charge in [0.1, 0.15) is 16.3 Å². The van der Waals surface area contributed by atoms with E-state index >= 15 is 0 Å². The Morgan fingerprint density at radius 2 is 1.55 bits per heavy atom. The number of benzene rings is 3. The van der Waals surface area contributed by atoms with Crippen LogP contribution in [0.2, 0.25) is 0 Å². The number of anilines is 2. The molecule has 0 spiro atoms. The third kappa shape index (κ3) is 6.95. The molecule has 3 aromatic carbocycles. The third-order valence-electron chi connectivity index (χ3n) is 6.29. The molecule has 0 unspecified atom stereocenters. The number of thiophene rings is 1. The van der Waals surface area contributed by atoms with E-state index in [1.807, 2.05) is 60.8 Å². The molecule has 4 rings (SSSR count). The zero-order chi connectivity index (χ0) is 28.6. The Hall–Kier alpha value is -4.43. The summed E-state index contributed by atoms with van der Waals surface area (Å²) in [5.41, 5.74) is 5.27. The highest BCUT2D eigenvalue weighted by molar-refractivity contribution is 7.15. The molecule has 0 aliphatic rings. The standard InChI is InChI=1S/C32H32N2O5S/c1-5-22-9-15-25(16-10-22)33-29(35)21(4)39-26-17-13-24(14-18-26)30(36)34-31-28(32(37)38-6-2)27(19-40-31)23-11-7-20(3)8-12-23/h7-19,21H,5-6H2,1-4H3,(H,33,35)(H,34,36)/t21-/m1/s1. The lowest BCUT2D eigenvalue weighted by molar-refractivity contribution is -0.122. The van der Waals surface area contributed by atoms with Crippen molar-refractivity contribution in [2.45, 2.75) is 40.2 Å². The number of nitrogens with one attached hydrogen (secondary N) is 2. The van der Waals surface area contributed by atoms with E-state index in [-0.39, 0.29) is 18.4 Å². The van der Waals surface area contributed by atoms with Crippen molar-refractivity contribution >= 4 is 39.8 Å². The molecule has 0 aliphatic heterocycles. The lowest BCUT2D eigenvalue weighted by atomic mass is 10.0. The minimum atomic E-state index is -0.746. The fourth-order valence-corrected chi connectivity index (χ4v) is 4.94. The van der Waals surface area contributed by atoms with Gasteiger partial charge in [0.2, 0.25) is 0 Å². The van der Waals surface area contributed by atoms with Gasteiger partial charge in [0.25, 0.3) is 11.8 Å². The van der Waals surface area contributed by atoms with E-state index in [1.54, 1.807) is 38.1 Å². The van der Waals surface area contributed by atoms with Gasteiger partial charge in [-0.25, -0.2) is 4.79 Å². The van der Waals surface area contributed by atoms with Crippen molar-refractivity contribution in [2.24, 2.45) is 0 Å². The van der Waals surface area contributed by atoms with Crippen molar-refractivity contribution in [3.63, 3.8) is 0 Å². The van der Waals surface area contributed by atoms with Gasteiger partial charge < -0.3 is 20.1 Å². The summed E-state index contributed by atoms with van der Waals surface area (Å²) in [7, 11) is 0. The fourth-order valence-electron chi connectivity index (χ4n) is 3.99. The van der Waals surface area contributed by atoms with E-state index in [9.17, 15) is 14.4 Å². The van der Waals surface area contributed by atoms with Crippen molar-refractivity contribution in [1.82, 2.24) is 0 Å². The van der Waals surface area contributed by atoms with Crippen molar-refractivity contribution in [2.75, 3.05) is 17.2 Å². The number of aryl methyl sites for hydroxylation is 2. The third-order valence-corrected chi connectivity index (χ3v) is 7.18. The van der Waals surface area contributed by atoms with Crippen molar-refractivity contribution in [3.05, 3.63) is 100 Å². The van der Waals surface area contributed by atoms with Crippen LogP contribution in [-0.4, -0.2) is 30.5 Å². The van der Waals surface area contributed by atoms with Crippen LogP contribution in [0.1, 0.15) is 52.6 Å². The first-order valence-electron chi connectivity index (χ1n) is 13.1. The lowest BCUT2D eigenvalue weighted by Crippen LogP contribution is -2.30. The Bertz CT molecular complexity index is 1480. The van der Waals surface area contributed by atoms with Gasteiger partial charge in [0, 0.05) is 22.2 Å². The molecule has 40 heavy (non-hydrogen) atoms. The number of hydrogen-bond acceptors (Lipinski definition) is 6. The van der Waals surface area contributed by atoms with Crippen LogP contribution in [0.4, 0.5) is 10.7 Å². The van der Waals surface area contributed by atoms with E-state index in [4.69, 9.17) is 9.47 Å². The van der Waals surface area contributed by atoms with Crippen LogP contribution in [0.5, 0.6) is 5.75 Å². The SMILES string of the molecule is CCOC(=O)c1c(-c2ccc(C)cc2)csc1NC(=O)c1ccc(O[C@H](C)C(=O)Nc2ccc(CC)cc2)cc1. The van der Waals surface area contributed by atoms with Crippen molar-refractivity contribution in [3.8, 4) is 16.9 Å². The normalized spacial score (nSPS) is 11.4. The molecular formula is C32H32N2O5S. The average molecular weight is 557 g/mol. The van der Waals surface area contributed by atoms with Gasteiger partial charge in [-0.2, -0.15) is 0 Å². The number of hydrogen-bond donors (Lipinski definition) is 2. The number of rotatable bonds is 10. The molecule has 0 saturated heterocycles. The Balaban J connectivity index is 1.43. The number of esters is 1. The molecule has 2 N–H and O–H groups in total. The molecule has 0 radical (unpaired) electrons. The molecule has 0 bridgehead atoms. The average Bonchev–Trinajstić information content (AvgIpc) is 3.37. The minimum Gasteiger partial charge on any atom is -0.481 e. The van der Waals surface area contributed by atoms with Crippen LogP contribution < -0.4 is 15.4 Å². The molecule has 2 amide bonds. The molecule has 8 heteroatoms. The van der Waals surface area contributed by atoms with Crippen molar-refractivity contribution in [1.29, 1.82) is 0 Å². The van der Waals surface area contributed by atoms with Crippen LogP contribution in [0.15, 0.2) is 78.2 Å².